The topological polar surface area (TPSA) is 112 Å². The number of hydrogen-bond acceptors (Lipinski definition) is 6. The third kappa shape index (κ3) is 5.29. The van der Waals surface area contributed by atoms with Gasteiger partial charge in [0.1, 0.15) is 0 Å². The van der Waals surface area contributed by atoms with Crippen molar-refractivity contribution < 1.29 is 23.8 Å². The van der Waals surface area contributed by atoms with Crippen LogP contribution in [0.25, 0.3) is 0 Å². The van der Waals surface area contributed by atoms with Crippen LogP contribution in [0.2, 0.25) is 0 Å². The molecule has 8 nitrogen and oxygen atoms in total. The molecule has 0 bridgehead atoms. The fourth-order valence-corrected chi connectivity index (χ4v) is 2.50. The number of carbonyl (C=O) groups excluding carboxylic acids is 2. The second kappa shape index (κ2) is 10.1. The van der Waals surface area contributed by atoms with E-state index in [-0.39, 0.29) is 11.3 Å². The summed E-state index contributed by atoms with van der Waals surface area (Å²) in [5.41, 5.74) is 6.65. The number of nitrogen functional groups attached to an aromatic ring is 1. The van der Waals surface area contributed by atoms with Crippen molar-refractivity contribution in [3.8, 4) is 17.2 Å². The lowest BCUT2D eigenvalue weighted by atomic mass is 10.2. The van der Waals surface area contributed by atoms with Gasteiger partial charge in [-0.2, -0.15) is 0 Å². The molecule has 150 valence electrons. The molecule has 0 aliphatic heterocycles. The number of benzene rings is 2. The molecule has 0 heterocycles. The number of nitrogens with two attached hydrogens (primary N) is 1. The molecule has 8 heteroatoms. The number of ether oxygens (including phenoxy) is 3. The highest BCUT2D eigenvalue weighted by Crippen LogP contribution is 2.40. The van der Waals surface area contributed by atoms with Crippen molar-refractivity contribution in [2.24, 2.45) is 0 Å². The summed E-state index contributed by atoms with van der Waals surface area (Å²) in [4.78, 5) is 24.5. The van der Waals surface area contributed by atoms with Crippen molar-refractivity contribution in [1.82, 2.24) is 5.32 Å². The zero-order chi connectivity index (χ0) is 20.5. The van der Waals surface area contributed by atoms with E-state index in [1.807, 2.05) is 20.8 Å². The molecule has 0 aliphatic carbocycles. The van der Waals surface area contributed by atoms with Crippen LogP contribution < -0.4 is 30.6 Å². The zero-order valence-corrected chi connectivity index (χ0v) is 16.2. The fourth-order valence-electron chi connectivity index (χ4n) is 2.50. The third-order valence-corrected chi connectivity index (χ3v) is 3.60. The van der Waals surface area contributed by atoms with Gasteiger partial charge in [-0.15, -0.1) is 0 Å². The molecule has 2 rings (SSSR count). The number of hydrogen-bond donors (Lipinski definition) is 3. The van der Waals surface area contributed by atoms with Crippen LogP contribution >= 0.6 is 0 Å². The number of para-hydroxylation sites is 1. The first-order valence-electron chi connectivity index (χ1n) is 9.03. The van der Waals surface area contributed by atoms with Crippen LogP contribution in [-0.2, 0) is 0 Å². The minimum Gasteiger partial charge on any atom is -0.490 e. The van der Waals surface area contributed by atoms with Gasteiger partial charge in [0.05, 0.1) is 31.1 Å². The van der Waals surface area contributed by atoms with Crippen LogP contribution in [-0.4, -0.2) is 31.8 Å². The first-order valence-corrected chi connectivity index (χ1v) is 9.03. The minimum absolute atomic E-state index is 0.217. The molecule has 0 aromatic heterocycles. The van der Waals surface area contributed by atoms with Gasteiger partial charge in [0.25, 0.3) is 5.91 Å². The average Bonchev–Trinajstić information content (AvgIpc) is 2.65. The molecule has 3 amide bonds. The minimum atomic E-state index is -0.706. The molecule has 0 radical (unpaired) electrons. The molecule has 2 aromatic carbocycles. The summed E-state index contributed by atoms with van der Waals surface area (Å²) >= 11 is 0. The van der Waals surface area contributed by atoms with Gasteiger partial charge in [0.2, 0.25) is 5.75 Å². The van der Waals surface area contributed by atoms with E-state index in [1.54, 1.807) is 30.3 Å². The maximum absolute atomic E-state index is 12.3. The molecule has 4 N–H and O–H groups in total. The van der Waals surface area contributed by atoms with Crippen molar-refractivity contribution in [3.63, 3.8) is 0 Å². The number of nitrogens with one attached hydrogen (secondary N) is 2. The molecule has 0 unspecified atom stereocenters. The summed E-state index contributed by atoms with van der Waals surface area (Å²) in [6, 6.07) is 9.00. The summed E-state index contributed by atoms with van der Waals surface area (Å²) in [7, 11) is 0. The molecule has 0 aliphatic rings. The summed E-state index contributed by atoms with van der Waals surface area (Å²) in [5.74, 6) is 0.732. The molecule has 0 saturated carbocycles. The van der Waals surface area contributed by atoms with Crippen molar-refractivity contribution in [3.05, 3.63) is 42.0 Å². The SMILES string of the molecule is CCOc1cc(NC(=O)NC(=O)c2ccccc2N)cc(OCC)c1OCC. The van der Waals surface area contributed by atoms with Gasteiger partial charge in [-0.25, -0.2) is 4.79 Å². The highest BCUT2D eigenvalue weighted by Gasteiger charge is 2.17. The van der Waals surface area contributed by atoms with Crippen LogP contribution in [0.3, 0.4) is 0 Å². The lowest BCUT2D eigenvalue weighted by Crippen LogP contribution is -2.34. The lowest BCUT2D eigenvalue weighted by molar-refractivity contribution is 0.0968. The normalized spacial score (nSPS) is 10.1. The standard InChI is InChI=1S/C20H25N3O5/c1-4-26-16-11-13(12-17(27-5-2)18(16)28-6-3)22-20(25)23-19(24)14-9-7-8-10-15(14)21/h7-12H,4-6,21H2,1-3H3,(H2,22,23,24,25). The highest BCUT2D eigenvalue weighted by molar-refractivity contribution is 6.10. The largest absolute Gasteiger partial charge is 0.490 e. The Morgan fingerprint density at radius 2 is 1.50 bits per heavy atom. The summed E-state index contributed by atoms with van der Waals surface area (Å²) in [6.45, 7) is 6.78. The predicted octanol–water partition coefficient (Wildman–Crippen LogP) is 3.43. The van der Waals surface area contributed by atoms with E-state index in [4.69, 9.17) is 19.9 Å². The molecular weight excluding hydrogens is 362 g/mol. The van der Waals surface area contributed by atoms with Gasteiger partial charge in [0.15, 0.2) is 11.5 Å². The van der Waals surface area contributed by atoms with E-state index < -0.39 is 11.9 Å². The summed E-state index contributed by atoms with van der Waals surface area (Å²) in [5, 5.41) is 4.85. The van der Waals surface area contributed by atoms with Crippen LogP contribution in [0.4, 0.5) is 16.2 Å². The number of rotatable bonds is 8. The van der Waals surface area contributed by atoms with Gasteiger partial charge >= 0.3 is 6.03 Å². The van der Waals surface area contributed by atoms with Gasteiger partial charge < -0.3 is 25.3 Å². The Labute approximate surface area is 164 Å². The first-order chi connectivity index (χ1) is 13.5. The average molecular weight is 387 g/mol. The van der Waals surface area contributed by atoms with Gasteiger partial charge in [-0.3, -0.25) is 10.1 Å². The second-order valence-electron chi connectivity index (χ2n) is 5.60. The van der Waals surface area contributed by atoms with Crippen LogP contribution in [0.1, 0.15) is 31.1 Å². The van der Waals surface area contributed by atoms with Crippen LogP contribution in [0, 0.1) is 0 Å². The molecule has 28 heavy (non-hydrogen) atoms. The monoisotopic (exact) mass is 387 g/mol. The van der Waals surface area contributed by atoms with Crippen molar-refractivity contribution in [2.75, 3.05) is 30.9 Å². The number of imide groups is 1. The fraction of sp³-hybridized carbons (Fsp3) is 0.300. The Kier molecular flexibility index (Phi) is 7.50. The number of amides is 3. The molecule has 0 fully saturated rings. The van der Waals surface area contributed by atoms with E-state index in [2.05, 4.69) is 10.6 Å². The lowest BCUT2D eigenvalue weighted by Gasteiger charge is -2.17. The number of anilines is 2. The third-order valence-electron chi connectivity index (χ3n) is 3.60. The molecule has 0 atom stereocenters. The first kappa shape index (κ1) is 20.9. The van der Waals surface area contributed by atoms with Crippen molar-refractivity contribution >= 4 is 23.3 Å². The van der Waals surface area contributed by atoms with E-state index in [1.165, 1.54) is 6.07 Å². The zero-order valence-electron chi connectivity index (χ0n) is 16.2. The van der Waals surface area contributed by atoms with E-state index in [0.29, 0.717) is 42.8 Å². The Hall–Kier alpha value is -3.42. The Morgan fingerprint density at radius 3 is 2.04 bits per heavy atom. The van der Waals surface area contributed by atoms with Gasteiger partial charge in [-0.05, 0) is 32.9 Å². The Morgan fingerprint density at radius 1 is 0.929 bits per heavy atom. The molecular formula is C20H25N3O5. The molecule has 0 saturated heterocycles. The number of urea groups is 1. The summed E-state index contributed by atoms with van der Waals surface area (Å²) < 4.78 is 16.8. The maximum Gasteiger partial charge on any atom is 0.326 e. The smallest absolute Gasteiger partial charge is 0.326 e. The highest BCUT2D eigenvalue weighted by atomic mass is 16.5. The van der Waals surface area contributed by atoms with Crippen LogP contribution in [0.15, 0.2) is 36.4 Å². The van der Waals surface area contributed by atoms with Crippen LogP contribution in [0.5, 0.6) is 17.2 Å². The Bertz CT molecular complexity index is 811. The maximum atomic E-state index is 12.3. The van der Waals surface area contributed by atoms with E-state index >= 15 is 0 Å². The Balaban J connectivity index is 2.20. The van der Waals surface area contributed by atoms with Crippen molar-refractivity contribution in [2.45, 2.75) is 20.8 Å². The van der Waals surface area contributed by atoms with E-state index in [9.17, 15) is 9.59 Å². The summed E-state index contributed by atoms with van der Waals surface area (Å²) in [6.07, 6.45) is 0. The number of carbonyl (C=O) groups is 2. The van der Waals surface area contributed by atoms with Gasteiger partial charge in [0, 0.05) is 17.8 Å². The molecule has 2 aromatic rings. The van der Waals surface area contributed by atoms with Crippen molar-refractivity contribution in [1.29, 1.82) is 0 Å². The second-order valence-corrected chi connectivity index (χ2v) is 5.60. The quantitative estimate of drug-likeness (QED) is 0.598. The van der Waals surface area contributed by atoms with E-state index in [0.717, 1.165) is 0 Å². The van der Waals surface area contributed by atoms with Gasteiger partial charge in [-0.1, -0.05) is 12.1 Å². The molecule has 0 spiro atoms. The predicted molar refractivity (Wildman–Crippen MR) is 107 cm³/mol.